The maximum Gasteiger partial charge on any atom is 0.124 e. The van der Waals surface area contributed by atoms with Crippen LogP contribution in [0.4, 0.5) is 0 Å². The molecule has 2 rings (SSSR count). The van der Waals surface area contributed by atoms with Crippen molar-refractivity contribution in [2.24, 2.45) is 0 Å². The van der Waals surface area contributed by atoms with Gasteiger partial charge in [0.2, 0.25) is 0 Å². The summed E-state index contributed by atoms with van der Waals surface area (Å²) in [5.74, 6) is 1.41. The second kappa shape index (κ2) is 6.01. The SMILES string of the molecule is CCCCCCn1c(CCl)nc2cnccc21. The van der Waals surface area contributed by atoms with E-state index in [0.29, 0.717) is 5.88 Å². The molecule has 2 aromatic heterocycles. The Labute approximate surface area is 107 Å². The van der Waals surface area contributed by atoms with E-state index in [4.69, 9.17) is 11.6 Å². The van der Waals surface area contributed by atoms with Gasteiger partial charge in [-0.3, -0.25) is 4.98 Å². The number of rotatable bonds is 6. The molecule has 92 valence electrons. The number of aromatic nitrogens is 3. The number of imidazole rings is 1. The van der Waals surface area contributed by atoms with Gasteiger partial charge in [0.1, 0.15) is 11.3 Å². The average molecular weight is 252 g/mol. The van der Waals surface area contributed by atoms with Crippen molar-refractivity contribution < 1.29 is 0 Å². The Morgan fingerprint density at radius 3 is 2.94 bits per heavy atom. The minimum absolute atomic E-state index is 0.461. The number of pyridine rings is 1. The number of alkyl halides is 1. The molecular weight excluding hydrogens is 234 g/mol. The first-order chi connectivity index (χ1) is 8.36. The van der Waals surface area contributed by atoms with Crippen LogP contribution in [0.3, 0.4) is 0 Å². The van der Waals surface area contributed by atoms with E-state index < -0.39 is 0 Å². The Morgan fingerprint density at radius 1 is 1.29 bits per heavy atom. The molecule has 4 heteroatoms. The van der Waals surface area contributed by atoms with Gasteiger partial charge < -0.3 is 4.57 Å². The van der Waals surface area contributed by atoms with Gasteiger partial charge in [-0.2, -0.15) is 0 Å². The molecule has 3 nitrogen and oxygen atoms in total. The summed E-state index contributed by atoms with van der Waals surface area (Å²) in [6.07, 6.45) is 8.62. The van der Waals surface area contributed by atoms with Crippen molar-refractivity contribution in [1.82, 2.24) is 14.5 Å². The summed E-state index contributed by atoms with van der Waals surface area (Å²) in [4.78, 5) is 8.59. The Hall–Kier alpha value is -1.09. The molecule has 0 unspecified atom stereocenters. The lowest BCUT2D eigenvalue weighted by Crippen LogP contribution is -2.02. The monoisotopic (exact) mass is 251 g/mol. The van der Waals surface area contributed by atoms with Gasteiger partial charge in [0.05, 0.1) is 17.6 Å². The summed E-state index contributed by atoms with van der Waals surface area (Å²) >= 11 is 5.94. The number of hydrogen-bond donors (Lipinski definition) is 0. The highest BCUT2D eigenvalue weighted by molar-refractivity contribution is 6.16. The van der Waals surface area contributed by atoms with Crippen molar-refractivity contribution in [3.63, 3.8) is 0 Å². The molecule has 0 aliphatic carbocycles. The molecule has 0 aliphatic rings. The highest BCUT2D eigenvalue weighted by Crippen LogP contribution is 2.17. The highest BCUT2D eigenvalue weighted by Gasteiger charge is 2.08. The highest BCUT2D eigenvalue weighted by atomic mass is 35.5. The van der Waals surface area contributed by atoms with Gasteiger partial charge in [-0.25, -0.2) is 4.98 Å². The van der Waals surface area contributed by atoms with Crippen LogP contribution in [-0.2, 0) is 12.4 Å². The van der Waals surface area contributed by atoms with Crippen LogP contribution in [0, 0.1) is 0 Å². The van der Waals surface area contributed by atoms with Crippen molar-refractivity contribution in [1.29, 1.82) is 0 Å². The smallest absolute Gasteiger partial charge is 0.124 e. The predicted molar refractivity (Wildman–Crippen MR) is 71.2 cm³/mol. The van der Waals surface area contributed by atoms with Crippen LogP contribution in [0.5, 0.6) is 0 Å². The van der Waals surface area contributed by atoms with E-state index in [2.05, 4.69) is 21.5 Å². The van der Waals surface area contributed by atoms with Gasteiger partial charge in [0.15, 0.2) is 0 Å². The van der Waals surface area contributed by atoms with Gasteiger partial charge in [-0.15, -0.1) is 11.6 Å². The van der Waals surface area contributed by atoms with Crippen molar-refractivity contribution in [2.45, 2.75) is 45.0 Å². The quantitative estimate of drug-likeness (QED) is 0.578. The summed E-state index contributed by atoms with van der Waals surface area (Å²) in [7, 11) is 0. The number of fused-ring (bicyclic) bond motifs is 1. The molecule has 2 aromatic rings. The Bertz CT molecular complexity index is 478. The molecule has 0 aliphatic heterocycles. The third-order valence-corrected chi connectivity index (χ3v) is 3.22. The van der Waals surface area contributed by atoms with E-state index in [9.17, 15) is 0 Å². The number of hydrogen-bond acceptors (Lipinski definition) is 2. The summed E-state index contributed by atoms with van der Waals surface area (Å²) in [6, 6.07) is 2.01. The third-order valence-electron chi connectivity index (χ3n) is 2.98. The number of halogens is 1. The second-order valence-electron chi connectivity index (χ2n) is 4.24. The fraction of sp³-hybridized carbons (Fsp3) is 0.538. The van der Waals surface area contributed by atoms with E-state index >= 15 is 0 Å². The summed E-state index contributed by atoms with van der Waals surface area (Å²) in [5, 5.41) is 0. The fourth-order valence-electron chi connectivity index (χ4n) is 2.08. The third kappa shape index (κ3) is 2.78. The lowest BCUT2D eigenvalue weighted by molar-refractivity contribution is 0.581. The van der Waals surface area contributed by atoms with Crippen LogP contribution in [0.25, 0.3) is 11.0 Å². The topological polar surface area (TPSA) is 30.7 Å². The zero-order chi connectivity index (χ0) is 12.1. The van der Waals surface area contributed by atoms with Crippen molar-refractivity contribution in [3.8, 4) is 0 Å². The normalized spacial score (nSPS) is 11.2. The van der Waals surface area contributed by atoms with Gasteiger partial charge in [0, 0.05) is 12.7 Å². The van der Waals surface area contributed by atoms with Crippen LogP contribution in [0.15, 0.2) is 18.5 Å². The van der Waals surface area contributed by atoms with Crippen LogP contribution < -0.4 is 0 Å². The molecule has 0 aromatic carbocycles. The molecule has 0 radical (unpaired) electrons. The lowest BCUT2D eigenvalue weighted by atomic mass is 10.2. The minimum atomic E-state index is 0.461. The van der Waals surface area contributed by atoms with Crippen molar-refractivity contribution in [2.75, 3.05) is 0 Å². The molecule has 0 atom stereocenters. The molecule has 17 heavy (non-hydrogen) atoms. The second-order valence-corrected chi connectivity index (χ2v) is 4.51. The zero-order valence-corrected chi connectivity index (χ0v) is 11.0. The number of nitrogens with zero attached hydrogens (tertiary/aromatic N) is 3. The van der Waals surface area contributed by atoms with Crippen LogP contribution in [0.1, 0.15) is 38.4 Å². The Kier molecular flexibility index (Phi) is 4.37. The van der Waals surface area contributed by atoms with E-state index in [1.165, 1.54) is 25.7 Å². The average Bonchev–Trinajstić information content (AvgIpc) is 2.73. The van der Waals surface area contributed by atoms with E-state index in [-0.39, 0.29) is 0 Å². The van der Waals surface area contributed by atoms with Crippen molar-refractivity contribution >= 4 is 22.6 Å². The molecule has 0 N–H and O–H groups in total. The van der Waals surface area contributed by atoms with Crippen LogP contribution in [-0.4, -0.2) is 14.5 Å². The first-order valence-electron chi connectivity index (χ1n) is 6.22. The van der Waals surface area contributed by atoms with E-state index in [1.807, 2.05) is 12.3 Å². The van der Waals surface area contributed by atoms with E-state index in [0.717, 1.165) is 23.4 Å². The molecule has 0 bridgehead atoms. The fourth-order valence-corrected chi connectivity index (χ4v) is 2.28. The molecule has 0 fully saturated rings. The van der Waals surface area contributed by atoms with Crippen LogP contribution in [0.2, 0.25) is 0 Å². The zero-order valence-electron chi connectivity index (χ0n) is 10.2. The number of unbranched alkanes of at least 4 members (excludes halogenated alkanes) is 3. The molecular formula is C13H18ClN3. The molecule has 0 spiro atoms. The first-order valence-corrected chi connectivity index (χ1v) is 6.75. The molecule has 0 saturated heterocycles. The Morgan fingerprint density at radius 2 is 2.18 bits per heavy atom. The maximum atomic E-state index is 5.94. The van der Waals surface area contributed by atoms with Gasteiger partial charge in [-0.1, -0.05) is 26.2 Å². The molecule has 0 amide bonds. The summed E-state index contributed by atoms with van der Waals surface area (Å²) in [6.45, 7) is 3.23. The van der Waals surface area contributed by atoms with Gasteiger partial charge >= 0.3 is 0 Å². The first kappa shape index (κ1) is 12.4. The van der Waals surface area contributed by atoms with Crippen molar-refractivity contribution in [3.05, 3.63) is 24.3 Å². The van der Waals surface area contributed by atoms with Crippen LogP contribution >= 0.6 is 11.6 Å². The summed E-state index contributed by atoms with van der Waals surface area (Å²) < 4.78 is 2.22. The van der Waals surface area contributed by atoms with Gasteiger partial charge in [0.25, 0.3) is 0 Å². The minimum Gasteiger partial charge on any atom is -0.327 e. The molecule has 0 saturated carbocycles. The maximum absolute atomic E-state index is 5.94. The lowest BCUT2D eigenvalue weighted by Gasteiger charge is -2.07. The predicted octanol–water partition coefficient (Wildman–Crippen LogP) is 3.75. The van der Waals surface area contributed by atoms with E-state index in [1.54, 1.807) is 6.20 Å². The number of aryl methyl sites for hydroxylation is 1. The van der Waals surface area contributed by atoms with Gasteiger partial charge in [-0.05, 0) is 12.5 Å². The summed E-state index contributed by atoms with van der Waals surface area (Å²) in [5.41, 5.74) is 2.09. The largest absolute Gasteiger partial charge is 0.327 e. The molecule has 2 heterocycles. The Balaban J connectivity index is 2.18. The standard InChI is InChI=1S/C13H18ClN3/c1-2-3-4-5-8-17-12-6-7-15-10-11(12)16-13(17)9-14/h6-7,10H,2-5,8-9H2,1H3.